The van der Waals surface area contributed by atoms with E-state index in [0.717, 1.165) is 9.75 Å². The standard InChI is InChI=1S/C13H17NO5S2/c1-8-5-11(9(2)20-8)13(16)19-6-12(15)14-10-3-4-21(17,18)7-10/h5,10H,3-4,6-7H2,1-2H3,(H,14,15). The molecule has 1 amide bonds. The average molecular weight is 331 g/mol. The van der Waals surface area contributed by atoms with Crippen molar-refractivity contribution < 1.29 is 22.7 Å². The highest BCUT2D eigenvalue weighted by Gasteiger charge is 2.29. The van der Waals surface area contributed by atoms with Gasteiger partial charge in [-0.05, 0) is 26.3 Å². The van der Waals surface area contributed by atoms with Crippen LogP contribution in [0.4, 0.5) is 0 Å². The second-order valence-corrected chi connectivity index (χ2v) is 8.76. The van der Waals surface area contributed by atoms with E-state index in [4.69, 9.17) is 4.74 Å². The number of nitrogens with one attached hydrogen (secondary N) is 1. The summed E-state index contributed by atoms with van der Waals surface area (Å²) < 4.78 is 27.5. The summed E-state index contributed by atoms with van der Waals surface area (Å²) in [6.45, 7) is 3.31. The first-order chi connectivity index (χ1) is 9.77. The predicted molar refractivity (Wildman–Crippen MR) is 79.3 cm³/mol. The molecule has 6 nitrogen and oxygen atoms in total. The minimum absolute atomic E-state index is 0.0461. The fourth-order valence-electron chi connectivity index (χ4n) is 2.22. The molecule has 1 atom stereocenters. The van der Waals surface area contributed by atoms with Crippen molar-refractivity contribution in [2.24, 2.45) is 0 Å². The Bertz CT molecular complexity index is 662. The first-order valence-electron chi connectivity index (χ1n) is 6.51. The van der Waals surface area contributed by atoms with E-state index in [2.05, 4.69) is 5.32 Å². The van der Waals surface area contributed by atoms with Gasteiger partial charge in [0.1, 0.15) is 0 Å². The molecular formula is C13H17NO5S2. The van der Waals surface area contributed by atoms with E-state index in [1.165, 1.54) is 11.3 Å². The Morgan fingerprint density at radius 1 is 1.43 bits per heavy atom. The molecule has 1 unspecified atom stereocenters. The number of carbonyl (C=O) groups is 2. The molecule has 8 heteroatoms. The Morgan fingerprint density at radius 2 is 2.14 bits per heavy atom. The number of thiophene rings is 1. The van der Waals surface area contributed by atoms with Gasteiger partial charge in [0.2, 0.25) is 0 Å². The van der Waals surface area contributed by atoms with Crippen molar-refractivity contribution in [1.82, 2.24) is 5.32 Å². The highest BCUT2D eigenvalue weighted by molar-refractivity contribution is 7.91. The lowest BCUT2D eigenvalue weighted by atomic mass is 10.2. The second kappa shape index (κ2) is 6.15. The van der Waals surface area contributed by atoms with Crippen LogP contribution in [0, 0.1) is 13.8 Å². The van der Waals surface area contributed by atoms with Crippen LogP contribution < -0.4 is 5.32 Å². The van der Waals surface area contributed by atoms with Crippen molar-refractivity contribution in [1.29, 1.82) is 0 Å². The topological polar surface area (TPSA) is 89.5 Å². The molecule has 1 aliphatic heterocycles. The molecule has 1 aliphatic rings. The van der Waals surface area contributed by atoms with E-state index >= 15 is 0 Å². The molecule has 0 aromatic carbocycles. The summed E-state index contributed by atoms with van der Waals surface area (Å²) >= 11 is 1.49. The van der Waals surface area contributed by atoms with Crippen molar-refractivity contribution >= 4 is 33.1 Å². The summed E-state index contributed by atoms with van der Waals surface area (Å²) in [6, 6.07) is 1.34. The van der Waals surface area contributed by atoms with Crippen LogP contribution in [-0.2, 0) is 19.4 Å². The van der Waals surface area contributed by atoms with E-state index in [0.29, 0.717) is 12.0 Å². The zero-order chi connectivity index (χ0) is 15.6. The normalized spacial score (nSPS) is 20.2. The average Bonchev–Trinajstić information content (AvgIpc) is 2.88. The van der Waals surface area contributed by atoms with Crippen molar-refractivity contribution in [2.45, 2.75) is 26.3 Å². The minimum atomic E-state index is -3.04. The number of sulfone groups is 1. The molecule has 1 fully saturated rings. The number of hydrogen-bond acceptors (Lipinski definition) is 6. The molecule has 0 radical (unpaired) electrons. The number of ether oxygens (including phenoxy) is 1. The maximum Gasteiger partial charge on any atom is 0.339 e. The van der Waals surface area contributed by atoms with Crippen LogP contribution >= 0.6 is 11.3 Å². The molecular weight excluding hydrogens is 314 g/mol. The van der Waals surface area contributed by atoms with Crippen molar-refractivity contribution in [3.05, 3.63) is 21.4 Å². The first-order valence-corrected chi connectivity index (χ1v) is 9.14. The number of esters is 1. The third-order valence-corrected chi connectivity index (χ3v) is 5.93. The maximum absolute atomic E-state index is 11.8. The van der Waals surface area contributed by atoms with Crippen LogP contribution in [0.15, 0.2) is 6.07 Å². The summed E-state index contributed by atoms with van der Waals surface area (Å²) in [4.78, 5) is 25.3. The number of hydrogen-bond donors (Lipinski definition) is 1. The van der Waals surface area contributed by atoms with Crippen LogP contribution in [0.3, 0.4) is 0 Å². The number of amides is 1. The first kappa shape index (κ1) is 16.0. The molecule has 116 valence electrons. The van der Waals surface area contributed by atoms with Gasteiger partial charge in [0.15, 0.2) is 16.4 Å². The van der Waals surface area contributed by atoms with Gasteiger partial charge in [-0.1, -0.05) is 0 Å². The molecule has 1 aromatic rings. The van der Waals surface area contributed by atoms with Crippen LogP contribution in [-0.4, -0.2) is 44.4 Å². The molecule has 0 aliphatic carbocycles. The fraction of sp³-hybridized carbons (Fsp3) is 0.538. The Balaban J connectivity index is 1.82. The van der Waals surface area contributed by atoms with E-state index in [9.17, 15) is 18.0 Å². The molecule has 0 saturated carbocycles. The van der Waals surface area contributed by atoms with Gasteiger partial charge < -0.3 is 10.1 Å². The largest absolute Gasteiger partial charge is 0.452 e. The monoisotopic (exact) mass is 331 g/mol. The second-order valence-electron chi connectivity index (χ2n) is 5.07. The van der Waals surface area contributed by atoms with E-state index < -0.39 is 28.3 Å². The van der Waals surface area contributed by atoms with Crippen molar-refractivity contribution in [3.8, 4) is 0 Å². The smallest absolute Gasteiger partial charge is 0.339 e. The van der Waals surface area contributed by atoms with Crippen LogP contribution in [0.25, 0.3) is 0 Å². The van der Waals surface area contributed by atoms with E-state index in [1.807, 2.05) is 13.8 Å². The summed E-state index contributed by atoms with van der Waals surface area (Å²) in [6.07, 6.45) is 0.408. The summed E-state index contributed by atoms with van der Waals surface area (Å²) in [7, 11) is -3.04. The maximum atomic E-state index is 11.8. The molecule has 1 saturated heterocycles. The fourth-order valence-corrected chi connectivity index (χ4v) is 4.81. The molecule has 0 spiro atoms. The Kier molecular flexibility index (Phi) is 4.67. The summed E-state index contributed by atoms with van der Waals surface area (Å²) in [5, 5.41) is 2.57. The zero-order valence-corrected chi connectivity index (χ0v) is 13.5. The summed E-state index contributed by atoms with van der Waals surface area (Å²) in [5.41, 5.74) is 0.466. The van der Waals surface area contributed by atoms with E-state index in [1.54, 1.807) is 6.07 Å². The number of carbonyl (C=O) groups excluding carboxylic acids is 2. The number of rotatable bonds is 4. The van der Waals surface area contributed by atoms with E-state index in [-0.39, 0.29) is 17.5 Å². The van der Waals surface area contributed by atoms with Gasteiger partial charge in [0, 0.05) is 15.8 Å². The molecule has 1 N–H and O–H groups in total. The lowest BCUT2D eigenvalue weighted by molar-refractivity contribution is -0.124. The number of aryl methyl sites for hydroxylation is 2. The van der Waals surface area contributed by atoms with Gasteiger partial charge in [0.05, 0.1) is 17.1 Å². The van der Waals surface area contributed by atoms with Gasteiger partial charge >= 0.3 is 5.97 Å². The van der Waals surface area contributed by atoms with Crippen molar-refractivity contribution in [3.63, 3.8) is 0 Å². The molecule has 0 bridgehead atoms. The molecule has 2 rings (SSSR count). The highest BCUT2D eigenvalue weighted by Crippen LogP contribution is 2.21. The van der Waals surface area contributed by atoms with Gasteiger partial charge in [-0.15, -0.1) is 11.3 Å². The van der Waals surface area contributed by atoms with Gasteiger partial charge in [-0.2, -0.15) is 0 Å². The van der Waals surface area contributed by atoms with Gasteiger partial charge in [-0.3, -0.25) is 4.79 Å². The van der Waals surface area contributed by atoms with Crippen LogP contribution in [0.1, 0.15) is 26.5 Å². The SMILES string of the molecule is Cc1cc(C(=O)OCC(=O)NC2CCS(=O)(=O)C2)c(C)s1. The third kappa shape index (κ3) is 4.28. The lowest BCUT2D eigenvalue weighted by Gasteiger charge is -2.10. The zero-order valence-electron chi connectivity index (χ0n) is 11.8. The molecule has 21 heavy (non-hydrogen) atoms. The van der Waals surface area contributed by atoms with Crippen molar-refractivity contribution in [2.75, 3.05) is 18.1 Å². The summed E-state index contributed by atoms with van der Waals surface area (Å²) in [5.74, 6) is -0.971. The quantitative estimate of drug-likeness (QED) is 0.825. The minimum Gasteiger partial charge on any atom is -0.452 e. The third-order valence-electron chi connectivity index (χ3n) is 3.19. The lowest BCUT2D eigenvalue weighted by Crippen LogP contribution is -2.38. The van der Waals surface area contributed by atoms with Crippen LogP contribution in [0.2, 0.25) is 0 Å². The van der Waals surface area contributed by atoms with Gasteiger partial charge in [0.25, 0.3) is 5.91 Å². The highest BCUT2D eigenvalue weighted by atomic mass is 32.2. The molecule has 1 aromatic heterocycles. The Morgan fingerprint density at radius 3 is 2.67 bits per heavy atom. The predicted octanol–water partition coefficient (Wildman–Crippen LogP) is 0.825. The Labute approximate surface area is 127 Å². The molecule has 2 heterocycles. The Hall–Kier alpha value is -1.41. The van der Waals surface area contributed by atoms with Gasteiger partial charge in [-0.25, -0.2) is 13.2 Å². The van der Waals surface area contributed by atoms with Crippen LogP contribution in [0.5, 0.6) is 0 Å².